The molecule has 0 spiro atoms. The first-order valence-electron chi connectivity index (χ1n) is 8.89. The van der Waals surface area contributed by atoms with E-state index in [-0.39, 0.29) is 5.79 Å². The van der Waals surface area contributed by atoms with Gasteiger partial charge in [0.1, 0.15) is 0 Å². The van der Waals surface area contributed by atoms with E-state index in [0.717, 1.165) is 25.9 Å². The van der Waals surface area contributed by atoms with Crippen molar-refractivity contribution >= 4 is 0 Å². The second-order valence-corrected chi connectivity index (χ2v) is 5.86. The number of unbranched alkanes of at least 4 members (excludes halogenated alkanes) is 5. The molecule has 2 unspecified atom stereocenters. The fraction of sp³-hybridized carbons (Fsp3) is 1.00. The van der Waals surface area contributed by atoms with Crippen LogP contribution in [0.3, 0.4) is 0 Å². The lowest BCUT2D eigenvalue weighted by Gasteiger charge is -2.39. The summed E-state index contributed by atoms with van der Waals surface area (Å²) in [6.07, 6.45) is 12.6. The molecule has 0 heterocycles. The molecular formula is C18H38O2. The van der Waals surface area contributed by atoms with E-state index >= 15 is 0 Å². The molecule has 0 saturated heterocycles. The first kappa shape index (κ1) is 19.9. The molecule has 122 valence electrons. The number of ether oxygens (including phenoxy) is 2. The van der Waals surface area contributed by atoms with Crippen molar-refractivity contribution in [1.29, 1.82) is 0 Å². The Morgan fingerprint density at radius 3 is 2.00 bits per heavy atom. The van der Waals surface area contributed by atoms with Crippen LogP contribution in [0.15, 0.2) is 0 Å². The predicted molar refractivity (Wildman–Crippen MR) is 88.0 cm³/mol. The van der Waals surface area contributed by atoms with Gasteiger partial charge in [0, 0.05) is 26.1 Å². The quantitative estimate of drug-likeness (QED) is 0.290. The van der Waals surface area contributed by atoms with Crippen LogP contribution in [0, 0.1) is 5.92 Å². The molecule has 0 bridgehead atoms. The minimum Gasteiger partial charge on any atom is -0.353 e. The van der Waals surface area contributed by atoms with Crippen LogP contribution in [0.4, 0.5) is 0 Å². The molecule has 0 rings (SSSR count). The lowest BCUT2D eigenvalue weighted by atomic mass is 9.86. The topological polar surface area (TPSA) is 18.5 Å². The predicted octanol–water partition coefficient (Wildman–Crippen LogP) is 5.94. The Kier molecular flexibility index (Phi) is 12.6. The minimum absolute atomic E-state index is 0.346. The van der Waals surface area contributed by atoms with Crippen LogP contribution in [-0.4, -0.2) is 19.5 Å². The van der Waals surface area contributed by atoms with Gasteiger partial charge in [0.05, 0.1) is 0 Å². The Morgan fingerprint density at radius 2 is 1.50 bits per heavy atom. The zero-order valence-electron chi connectivity index (χ0n) is 14.7. The summed E-state index contributed by atoms with van der Waals surface area (Å²) in [5.41, 5.74) is 0. The van der Waals surface area contributed by atoms with E-state index in [2.05, 4.69) is 27.7 Å². The Hall–Kier alpha value is -0.0800. The second kappa shape index (κ2) is 12.6. The van der Waals surface area contributed by atoms with Gasteiger partial charge in [0.25, 0.3) is 0 Å². The first-order chi connectivity index (χ1) is 9.70. The molecule has 0 aromatic heterocycles. The number of rotatable bonds is 14. The van der Waals surface area contributed by atoms with Crippen LogP contribution in [0.25, 0.3) is 0 Å². The molecule has 0 radical (unpaired) electrons. The van der Waals surface area contributed by atoms with Crippen LogP contribution in [0.2, 0.25) is 0 Å². The second-order valence-electron chi connectivity index (χ2n) is 5.86. The van der Waals surface area contributed by atoms with Crippen LogP contribution in [0.5, 0.6) is 0 Å². The van der Waals surface area contributed by atoms with Crippen LogP contribution in [0.1, 0.15) is 91.9 Å². The molecule has 0 aliphatic carbocycles. The van der Waals surface area contributed by atoms with E-state index in [4.69, 9.17) is 9.47 Å². The third-order valence-corrected chi connectivity index (χ3v) is 4.35. The van der Waals surface area contributed by atoms with Crippen LogP contribution in [-0.2, 0) is 9.47 Å². The largest absolute Gasteiger partial charge is 0.353 e. The van der Waals surface area contributed by atoms with Gasteiger partial charge in [-0.2, -0.15) is 0 Å². The van der Waals surface area contributed by atoms with Gasteiger partial charge < -0.3 is 9.47 Å². The van der Waals surface area contributed by atoms with Crippen LogP contribution >= 0.6 is 0 Å². The molecule has 2 atom stereocenters. The summed E-state index contributed by atoms with van der Waals surface area (Å²) in [6.45, 7) is 9.56. The molecule has 20 heavy (non-hydrogen) atoms. The van der Waals surface area contributed by atoms with Gasteiger partial charge in [-0.15, -0.1) is 0 Å². The molecule has 0 aliphatic rings. The lowest BCUT2D eigenvalue weighted by Crippen LogP contribution is -2.42. The molecule has 2 heteroatoms. The molecule has 2 nitrogen and oxygen atoms in total. The van der Waals surface area contributed by atoms with E-state index in [9.17, 15) is 0 Å². The van der Waals surface area contributed by atoms with Gasteiger partial charge in [0.15, 0.2) is 5.79 Å². The van der Waals surface area contributed by atoms with Crippen molar-refractivity contribution < 1.29 is 9.47 Å². The van der Waals surface area contributed by atoms with Crippen molar-refractivity contribution in [2.75, 3.05) is 13.7 Å². The summed E-state index contributed by atoms with van der Waals surface area (Å²) in [4.78, 5) is 0. The minimum atomic E-state index is -0.346. The van der Waals surface area contributed by atoms with E-state index in [1.54, 1.807) is 0 Å². The SMILES string of the molecule is CCCCCCCCC(CC)C(CCC)(OC)OCC. The van der Waals surface area contributed by atoms with Crippen molar-refractivity contribution in [3.8, 4) is 0 Å². The summed E-state index contributed by atoms with van der Waals surface area (Å²) < 4.78 is 11.9. The Labute approximate surface area is 127 Å². The molecular weight excluding hydrogens is 248 g/mol. The Balaban J connectivity index is 4.28. The van der Waals surface area contributed by atoms with Crippen molar-refractivity contribution in [3.63, 3.8) is 0 Å². The third-order valence-electron chi connectivity index (χ3n) is 4.35. The average molecular weight is 286 g/mol. The summed E-state index contributed by atoms with van der Waals surface area (Å²) in [5.74, 6) is 0.181. The molecule has 0 amide bonds. The number of hydrogen-bond acceptors (Lipinski definition) is 2. The fourth-order valence-corrected chi connectivity index (χ4v) is 3.22. The van der Waals surface area contributed by atoms with Gasteiger partial charge in [-0.25, -0.2) is 0 Å². The highest BCUT2D eigenvalue weighted by Gasteiger charge is 2.37. The third kappa shape index (κ3) is 7.08. The molecule has 0 aromatic carbocycles. The average Bonchev–Trinajstić information content (AvgIpc) is 2.46. The number of hydrogen-bond donors (Lipinski definition) is 0. The van der Waals surface area contributed by atoms with Gasteiger partial charge in [-0.05, 0) is 19.8 Å². The highest BCUT2D eigenvalue weighted by molar-refractivity contribution is 4.79. The molecule has 0 aromatic rings. The van der Waals surface area contributed by atoms with E-state index in [1.165, 1.54) is 44.9 Å². The first-order valence-corrected chi connectivity index (χ1v) is 8.89. The summed E-state index contributed by atoms with van der Waals surface area (Å²) in [7, 11) is 1.81. The zero-order valence-corrected chi connectivity index (χ0v) is 14.7. The monoisotopic (exact) mass is 286 g/mol. The highest BCUT2D eigenvalue weighted by Crippen LogP contribution is 2.34. The molecule has 0 fully saturated rings. The van der Waals surface area contributed by atoms with Crippen molar-refractivity contribution in [1.82, 2.24) is 0 Å². The van der Waals surface area contributed by atoms with Crippen molar-refractivity contribution in [2.24, 2.45) is 5.92 Å². The molecule has 0 N–H and O–H groups in total. The summed E-state index contributed by atoms with van der Waals surface area (Å²) in [5, 5.41) is 0. The maximum atomic E-state index is 6.05. The van der Waals surface area contributed by atoms with E-state index in [1.807, 2.05) is 7.11 Å². The van der Waals surface area contributed by atoms with Crippen molar-refractivity contribution in [3.05, 3.63) is 0 Å². The van der Waals surface area contributed by atoms with Crippen molar-refractivity contribution in [2.45, 2.75) is 97.7 Å². The van der Waals surface area contributed by atoms with Gasteiger partial charge >= 0.3 is 0 Å². The standard InChI is InChI=1S/C18H38O2/c1-6-10-11-12-13-14-15-17(8-3)18(19-5,16-7-2)20-9-4/h17H,6-16H2,1-5H3. The summed E-state index contributed by atoms with van der Waals surface area (Å²) in [6, 6.07) is 0. The highest BCUT2D eigenvalue weighted by atomic mass is 16.7. The molecule has 0 aliphatic heterocycles. The van der Waals surface area contributed by atoms with Gasteiger partial charge in [0.2, 0.25) is 0 Å². The Bertz CT molecular complexity index is 198. The smallest absolute Gasteiger partial charge is 0.170 e. The fourth-order valence-electron chi connectivity index (χ4n) is 3.22. The summed E-state index contributed by atoms with van der Waals surface area (Å²) >= 11 is 0. The van der Waals surface area contributed by atoms with Gasteiger partial charge in [-0.1, -0.05) is 65.7 Å². The Morgan fingerprint density at radius 1 is 0.850 bits per heavy atom. The molecule has 0 saturated carbocycles. The van der Waals surface area contributed by atoms with E-state index < -0.39 is 0 Å². The zero-order chi connectivity index (χ0) is 15.3. The van der Waals surface area contributed by atoms with Gasteiger partial charge in [-0.3, -0.25) is 0 Å². The number of methoxy groups -OCH3 is 1. The maximum Gasteiger partial charge on any atom is 0.170 e. The lowest BCUT2D eigenvalue weighted by molar-refractivity contribution is -0.258. The van der Waals surface area contributed by atoms with Crippen LogP contribution < -0.4 is 0 Å². The normalized spacial score (nSPS) is 16.1. The van der Waals surface area contributed by atoms with E-state index in [0.29, 0.717) is 5.92 Å². The maximum absolute atomic E-state index is 6.05.